The highest BCUT2D eigenvalue weighted by Gasteiger charge is 2.21. The maximum absolute atomic E-state index is 12.6. The van der Waals surface area contributed by atoms with Crippen LogP contribution in [-0.4, -0.2) is 33.7 Å². The van der Waals surface area contributed by atoms with E-state index >= 15 is 0 Å². The summed E-state index contributed by atoms with van der Waals surface area (Å²) in [6.45, 7) is 6.67. The summed E-state index contributed by atoms with van der Waals surface area (Å²) < 4.78 is 1.97. The van der Waals surface area contributed by atoms with Gasteiger partial charge in [-0.05, 0) is 52.1 Å². The summed E-state index contributed by atoms with van der Waals surface area (Å²) >= 11 is 0. The maximum atomic E-state index is 12.6. The smallest absolute Gasteiger partial charge is 0.241 e. The number of aromatic nitrogens is 2. The van der Waals surface area contributed by atoms with E-state index in [1.165, 1.54) is 0 Å². The number of anilines is 1. The predicted octanol–water partition coefficient (Wildman–Crippen LogP) is 3.95. The molecular formula is C22H26N4O. The number of para-hydroxylation sites is 2. The Labute approximate surface area is 160 Å². The number of carbonyl (C=O) groups excluding carboxylic acids is 1. The normalized spacial score (nSPS) is 12.2. The van der Waals surface area contributed by atoms with Crippen molar-refractivity contribution in [2.45, 2.75) is 33.4 Å². The van der Waals surface area contributed by atoms with Gasteiger partial charge in [-0.25, -0.2) is 4.68 Å². The highest BCUT2D eigenvalue weighted by molar-refractivity contribution is 5.94. The fourth-order valence-corrected chi connectivity index (χ4v) is 3.08. The number of aryl methyl sites for hydroxylation is 1. The van der Waals surface area contributed by atoms with Gasteiger partial charge in [-0.1, -0.05) is 36.4 Å². The lowest BCUT2D eigenvalue weighted by molar-refractivity contribution is -0.120. The quantitative estimate of drug-likeness (QED) is 0.722. The van der Waals surface area contributed by atoms with Gasteiger partial charge in [0.1, 0.15) is 0 Å². The summed E-state index contributed by atoms with van der Waals surface area (Å²) in [5.41, 5.74) is 5.09. The standard InChI is InChI=1S/C22H26N4O/c1-16-21(17(2)26(24-16)20-13-9-6-10-14-20)15-25(4)18(3)22(27)23-19-11-7-5-8-12-19/h5-14,18H,15H2,1-4H3,(H,23,27)/t18-/m1/s1. The van der Waals surface area contributed by atoms with E-state index in [4.69, 9.17) is 5.10 Å². The molecule has 5 heteroatoms. The van der Waals surface area contributed by atoms with Crippen molar-refractivity contribution in [2.24, 2.45) is 0 Å². The molecule has 0 radical (unpaired) electrons. The first-order chi connectivity index (χ1) is 13.0. The van der Waals surface area contributed by atoms with Gasteiger partial charge in [0.05, 0.1) is 17.4 Å². The summed E-state index contributed by atoms with van der Waals surface area (Å²) in [5, 5.41) is 7.66. The SMILES string of the molecule is Cc1nn(-c2ccccc2)c(C)c1CN(C)[C@H](C)C(=O)Nc1ccccc1. The van der Waals surface area contributed by atoms with Gasteiger partial charge in [0.15, 0.2) is 0 Å². The largest absolute Gasteiger partial charge is 0.325 e. The van der Waals surface area contributed by atoms with Gasteiger partial charge in [0.2, 0.25) is 5.91 Å². The minimum atomic E-state index is -0.260. The highest BCUT2D eigenvalue weighted by Crippen LogP contribution is 2.20. The molecule has 1 atom stereocenters. The number of carbonyl (C=O) groups is 1. The fourth-order valence-electron chi connectivity index (χ4n) is 3.08. The molecule has 0 spiro atoms. The number of hydrogen-bond acceptors (Lipinski definition) is 3. The molecule has 0 aliphatic carbocycles. The van der Waals surface area contributed by atoms with Crippen LogP contribution >= 0.6 is 0 Å². The van der Waals surface area contributed by atoms with Gasteiger partial charge in [-0.15, -0.1) is 0 Å². The van der Waals surface area contributed by atoms with Gasteiger partial charge >= 0.3 is 0 Å². The van der Waals surface area contributed by atoms with E-state index in [1.54, 1.807) is 0 Å². The van der Waals surface area contributed by atoms with Gasteiger partial charge in [-0.3, -0.25) is 9.69 Å². The van der Waals surface area contributed by atoms with E-state index in [-0.39, 0.29) is 11.9 Å². The van der Waals surface area contributed by atoms with E-state index in [1.807, 2.05) is 91.1 Å². The van der Waals surface area contributed by atoms with Crippen molar-refractivity contribution >= 4 is 11.6 Å². The molecule has 0 saturated carbocycles. The van der Waals surface area contributed by atoms with E-state index < -0.39 is 0 Å². The van der Waals surface area contributed by atoms with Gasteiger partial charge < -0.3 is 5.32 Å². The molecule has 3 aromatic rings. The Morgan fingerprint density at radius 2 is 1.67 bits per heavy atom. The molecule has 1 N–H and O–H groups in total. The van der Waals surface area contributed by atoms with E-state index in [0.29, 0.717) is 6.54 Å². The lowest BCUT2D eigenvalue weighted by Gasteiger charge is -2.24. The average Bonchev–Trinajstić information content (AvgIpc) is 2.97. The molecule has 140 valence electrons. The Balaban J connectivity index is 1.73. The Bertz CT molecular complexity index is 903. The summed E-state index contributed by atoms with van der Waals surface area (Å²) in [7, 11) is 1.97. The van der Waals surface area contributed by atoms with Crippen molar-refractivity contribution in [2.75, 3.05) is 12.4 Å². The Morgan fingerprint density at radius 1 is 1.07 bits per heavy atom. The van der Waals surface area contributed by atoms with Gasteiger partial charge in [0.25, 0.3) is 0 Å². The van der Waals surface area contributed by atoms with Crippen LogP contribution in [0.2, 0.25) is 0 Å². The minimum absolute atomic E-state index is 0.0190. The minimum Gasteiger partial charge on any atom is -0.325 e. The lowest BCUT2D eigenvalue weighted by atomic mass is 10.1. The molecule has 0 fully saturated rings. The molecule has 27 heavy (non-hydrogen) atoms. The number of hydrogen-bond donors (Lipinski definition) is 1. The van der Waals surface area contributed by atoms with Crippen molar-refractivity contribution in [1.82, 2.24) is 14.7 Å². The Kier molecular flexibility index (Phi) is 5.72. The van der Waals surface area contributed by atoms with Crippen LogP contribution in [-0.2, 0) is 11.3 Å². The number of likely N-dealkylation sites (N-methyl/N-ethyl adjacent to an activating group) is 1. The third kappa shape index (κ3) is 4.26. The molecule has 0 bridgehead atoms. The Hall–Kier alpha value is -2.92. The Morgan fingerprint density at radius 3 is 2.30 bits per heavy atom. The second-order valence-corrected chi connectivity index (χ2v) is 6.84. The van der Waals surface area contributed by atoms with Crippen LogP contribution in [0.1, 0.15) is 23.9 Å². The fraction of sp³-hybridized carbons (Fsp3) is 0.273. The van der Waals surface area contributed by atoms with Crippen molar-refractivity contribution in [3.8, 4) is 5.69 Å². The summed E-state index contributed by atoms with van der Waals surface area (Å²) in [5.74, 6) is -0.0190. The average molecular weight is 362 g/mol. The first kappa shape index (κ1) is 18.9. The van der Waals surface area contributed by atoms with Crippen LogP contribution in [0.3, 0.4) is 0 Å². The molecule has 0 aliphatic rings. The number of amides is 1. The number of nitrogens with zero attached hydrogens (tertiary/aromatic N) is 3. The molecule has 3 rings (SSSR count). The van der Waals surface area contributed by atoms with Crippen LogP contribution in [0.4, 0.5) is 5.69 Å². The molecular weight excluding hydrogens is 336 g/mol. The van der Waals surface area contributed by atoms with Crippen molar-refractivity contribution in [1.29, 1.82) is 0 Å². The van der Waals surface area contributed by atoms with Crippen LogP contribution in [0.25, 0.3) is 5.69 Å². The predicted molar refractivity (Wildman–Crippen MR) is 109 cm³/mol. The van der Waals surface area contributed by atoms with Crippen molar-refractivity contribution in [3.63, 3.8) is 0 Å². The van der Waals surface area contributed by atoms with E-state index in [9.17, 15) is 4.79 Å². The summed E-state index contributed by atoms with van der Waals surface area (Å²) in [6.07, 6.45) is 0. The molecule has 5 nitrogen and oxygen atoms in total. The second-order valence-electron chi connectivity index (χ2n) is 6.84. The number of rotatable bonds is 6. The van der Waals surface area contributed by atoms with Crippen molar-refractivity contribution in [3.05, 3.63) is 77.6 Å². The molecule has 1 aromatic heterocycles. The molecule has 1 amide bonds. The summed E-state index contributed by atoms with van der Waals surface area (Å²) in [6, 6.07) is 19.4. The van der Waals surface area contributed by atoms with Crippen LogP contribution in [0.5, 0.6) is 0 Å². The zero-order chi connectivity index (χ0) is 19.4. The van der Waals surface area contributed by atoms with Crippen molar-refractivity contribution < 1.29 is 4.79 Å². The molecule has 2 aromatic carbocycles. The van der Waals surface area contributed by atoms with E-state index in [0.717, 1.165) is 28.3 Å². The number of nitrogens with one attached hydrogen (secondary N) is 1. The van der Waals surface area contributed by atoms with Gasteiger partial charge in [0, 0.05) is 23.5 Å². The zero-order valence-electron chi connectivity index (χ0n) is 16.3. The monoisotopic (exact) mass is 362 g/mol. The zero-order valence-corrected chi connectivity index (χ0v) is 16.3. The first-order valence-electron chi connectivity index (χ1n) is 9.14. The second kappa shape index (κ2) is 8.18. The highest BCUT2D eigenvalue weighted by atomic mass is 16.2. The third-order valence-electron chi connectivity index (χ3n) is 4.93. The molecule has 0 saturated heterocycles. The molecule has 0 unspecified atom stereocenters. The maximum Gasteiger partial charge on any atom is 0.241 e. The third-order valence-corrected chi connectivity index (χ3v) is 4.93. The first-order valence-corrected chi connectivity index (χ1v) is 9.14. The lowest BCUT2D eigenvalue weighted by Crippen LogP contribution is -2.39. The van der Waals surface area contributed by atoms with Crippen LogP contribution in [0.15, 0.2) is 60.7 Å². The molecule has 0 aliphatic heterocycles. The number of benzene rings is 2. The van der Waals surface area contributed by atoms with Crippen LogP contribution in [0, 0.1) is 13.8 Å². The van der Waals surface area contributed by atoms with E-state index in [2.05, 4.69) is 12.2 Å². The van der Waals surface area contributed by atoms with Gasteiger partial charge in [-0.2, -0.15) is 5.10 Å². The molecule has 1 heterocycles. The van der Waals surface area contributed by atoms with Crippen LogP contribution < -0.4 is 5.32 Å². The topological polar surface area (TPSA) is 50.2 Å². The summed E-state index contributed by atoms with van der Waals surface area (Å²) in [4.78, 5) is 14.6.